The Labute approximate surface area is 147 Å². The third-order valence-corrected chi connectivity index (χ3v) is 5.94. The number of hydrogen-bond donors (Lipinski definition) is 1. The van der Waals surface area contributed by atoms with Crippen LogP contribution < -0.4 is 9.46 Å². The van der Waals surface area contributed by atoms with Gasteiger partial charge in [0.25, 0.3) is 10.0 Å². The van der Waals surface area contributed by atoms with Gasteiger partial charge in [0, 0.05) is 21.1 Å². The quantitative estimate of drug-likeness (QED) is 0.712. The standard InChI is InChI=1S/C13H8Br2F3NO3S/c1-22-12-10(17)4-7(5-11(12)18)19-23(20,21)13-8(14)2-6(16)3-9(13)15/h2-5,19H,1H3. The molecule has 1 N–H and O–H groups in total. The molecule has 0 radical (unpaired) electrons. The zero-order valence-corrected chi connectivity index (χ0v) is 15.3. The molecule has 0 atom stereocenters. The van der Waals surface area contributed by atoms with Crippen molar-refractivity contribution in [1.29, 1.82) is 0 Å². The molecule has 124 valence electrons. The van der Waals surface area contributed by atoms with Crippen LogP contribution in [-0.4, -0.2) is 15.5 Å². The second kappa shape index (κ2) is 6.70. The summed E-state index contributed by atoms with van der Waals surface area (Å²) in [6.45, 7) is 0. The monoisotopic (exact) mass is 473 g/mol. The number of benzene rings is 2. The summed E-state index contributed by atoms with van der Waals surface area (Å²) < 4.78 is 71.6. The van der Waals surface area contributed by atoms with Crippen LogP contribution in [0.4, 0.5) is 18.9 Å². The van der Waals surface area contributed by atoms with Gasteiger partial charge >= 0.3 is 0 Å². The van der Waals surface area contributed by atoms with E-state index in [1.165, 1.54) is 0 Å². The lowest BCUT2D eigenvalue weighted by molar-refractivity contribution is 0.360. The van der Waals surface area contributed by atoms with E-state index in [-0.39, 0.29) is 19.5 Å². The normalized spacial score (nSPS) is 11.4. The summed E-state index contributed by atoms with van der Waals surface area (Å²) in [5, 5.41) is 0. The maximum Gasteiger partial charge on any atom is 0.264 e. The van der Waals surface area contributed by atoms with Gasteiger partial charge in [-0.25, -0.2) is 21.6 Å². The molecule has 0 aromatic heterocycles. The predicted octanol–water partition coefficient (Wildman–Crippen LogP) is 4.44. The van der Waals surface area contributed by atoms with Crippen LogP contribution in [0.5, 0.6) is 5.75 Å². The molecule has 0 aliphatic rings. The maximum atomic E-state index is 13.6. The lowest BCUT2D eigenvalue weighted by Crippen LogP contribution is -2.15. The molecule has 4 nitrogen and oxygen atoms in total. The minimum atomic E-state index is -4.23. The van der Waals surface area contributed by atoms with Crippen LogP contribution in [0.1, 0.15) is 0 Å². The lowest BCUT2D eigenvalue weighted by atomic mass is 10.3. The molecule has 0 amide bonds. The molecular weight excluding hydrogens is 467 g/mol. The lowest BCUT2D eigenvalue weighted by Gasteiger charge is -2.13. The van der Waals surface area contributed by atoms with E-state index in [1.807, 2.05) is 4.72 Å². The molecule has 0 saturated heterocycles. The van der Waals surface area contributed by atoms with Crippen molar-refractivity contribution >= 4 is 47.6 Å². The highest BCUT2D eigenvalue weighted by Crippen LogP contribution is 2.33. The van der Waals surface area contributed by atoms with Gasteiger partial charge in [-0.2, -0.15) is 0 Å². The van der Waals surface area contributed by atoms with Crippen molar-refractivity contribution in [2.24, 2.45) is 0 Å². The topological polar surface area (TPSA) is 55.4 Å². The third-order valence-electron chi connectivity index (χ3n) is 2.69. The van der Waals surface area contributed by atoms with E-state index in [0.717, 1.165) is 31.4 Å². The molecule has 2 aromatic carbocycles. The van der Waals surface area contributed by atoms with Gasteiger partial charge in [0.15, 0.2) is 17.4 Å². The Bertz CT molecular complexity index is 829. The molecule has 0 aliphatic heterocycles. The van der Waals surface area contributed by atoms with Crippen LogP contribution in [-0.2, 0) is 10.0 Å². The third kappa shape index (κ3) is 3.81. The van der Waals surface area contributed by atoms with Gasteiger partial charge in [0.2, 0.25) is 0 Å². The van der Waals surface area contributed by atoms with E-state index in [4.69, 9.17) is 0 Å². The van der Waals surface area contributed by atoms with Crippen molar-refractivity contribution in [3.8, 4) is 5.75 Å². The minimum absolute atomic E-state index is 0.0497. The van der Waals surface area contributed by atoms with Crippen LogP contribution in [0.3, 0.4) is 0 Å². The highest BCUT2D eigenvalue weighted by molar-refractivity contribution is 9.11. The second-order valence-corrected chi connectivity index (χ2v) is 7.61. The molecule has 23 heavy (non-hydrogen) atoms. The van der Waals surface area contributed by atoms with Gasteiger partial charge in [-0.3, -0.25) is 4.72 Å². The Balaban J connectivity index is 2.48. The minimum Gasteiger partial charge on any atom is -0.491 e. The van der Waals surface area contributed by atoms with E-state index < -0.39 is 33.2 Å². The summed E-state index contributed by atoms with van der Waals surface area (Å²) in [7, 11) is -3.15. The number of hydrogen-bond acceptors (Lipinski definition) is 3. The first-order chi connectivity index (χ1) is 10.7. The van der Waals surface area contributed by atoms with Crippen LogP contribution in [0.15, 0.2) is 38.1 Å². The van der Waals surface area contributed by atoms with Crippen molar-refractivity contribution in [3.63, 3.8) is 0 Å². The molecule has 0 aliphatic carbocycles. The molecule has 0 spiro atoms. The first-order valence-corrected chi connectivity index (χ1v) is 8.93. The number of ether oxygens (including phenoxy) is 1. The van der Waals surface area contributed by atoms with Crippen LogP contribution in [0.2, 0.25) is 0 Å². The van der Waals surface area contributed by atoms with Crippen molar-refractivity contribution in [1.82, 2.24) is 0 Å². The molecular formula is C13H8Br2F3NO3S. The van der Waals surface area contributed by atoms with Gasteiger partial charge < -0.3 is 4.74 Å². The number of methoxy groups -OCH3 is 1. The first kappa shape index (κ1) is 18.1. The van der Waals surface area contributed by atoms with Crippen LogP contribution >= 0.6 is 31.9 Å². The zero-order chi connectivity index (χ0) is 17.4. The van der Waals surface area contributed by atoms with Crippen LogP contribution in [0, 0.1) is 17.5 Å². The molecule has 10 heteroatoms. The Morgan fingerprint density at radius 1 is 1.00 bits per heavy atom. The molecule has 0 heterocycles. The number of rotatable bonds is 4. The fourth-order valence-electron chi connectivity index (χ4n) is 1.81. The molecule has 0 bridgehead atoms. The maximum absolute atomic E-state index is 13.6. The molecule has 0 saturated carbocycles. The number of sulfonamides is 1. The highest BCUT2D eigenvalue weighted by Gasteiger charge is 2.23. The van der Waals surface area contributed by atoms with Crippen molar-refractivity contribution in [3.05, 3.63) is 50.7 Å². The molecule has 0 unspecified atom stereocenters. The van der Waals surface area contributed by atoms with Crippen molar-refractivity contribution in [2.75, 3.05) is 11.8 Å². The van der Waals surface area contributed by atoms with Gasteiger partial charge in [0.1, 0.15) is 10.7 Å². The summed E-state index contributed by atoms with van der Waals surface area (Å²) in [4.78, 5) is -0.310. The Morgan fingerprint density at radius 2 is 1.48 bits per heavy atom. The van der Waals surface area contributed by atoms with Gasteiger partial charge in [-0.05, 0) is 44.0 Å². The Kier molecular flexibility index (Phi) is 5.27. The molecule has 2 rings (SSSR count). The number of nitrogens with one attached hydrogen (secondary N) is 1. The number of anilines is 1. The Morgan fingerprint density at radius 3 is 1.91 bits per heavy atom. The highest BCUT2D eigenvalue weighted by atomic mass is 79.9. The van der Waals surface area contributed by atoms with Crippen molar-refractivity contribution in [2.45, 2.75) is 4.90 Å². The van der Waals surface area contributed by atoms with Crippen LogP contribution in [0.25, 0.3) is 0 Å². The Hall–Kier alpha value is -1.26. The van der Waals surface area contributed by atoms with Crippen molar-refractivity contribution < 1.29 is 26.3 Å². The summed E-state index contributed by atoms with van der Waals surface area (Å²) in [6.07, 6.45) is 0. The first-order valence-electron chi connectivity index (χ1n) is 5.86. The predicted molar refractivity (Wildman–Crippen MR) is 85.5 cm³/mol. The van der Waals surface area contributed by atoms with E-state index in [0.29, 0.717) is 0 Å². The number of halogens is 5. The van der Waals surface area contributed by atoms with E-state index in [1.54, 1.807) is 0 Å². The van der Waals surface area contributed by atoms with Gasteiger partial charge in [-0.15, -0.1) is 0 Å². The zero-order valence-electron chi connectivity index (χ0n) is 11.3. The molecule has 0 fully saturated rings. The summed E-state index contributed by atoms with van der Waals surface area (Å²) in [6, 6.07) is 3.44. The van der Waals surface area contributed by atoms with E-state index in [2.05, 4.69) is 36.6 Å². The average Bonchev–Trinajstić information content (AvgIpc) is 2.35. The van der Waals surface area contributed by atoms with Gasteiger partial charge in [0.05, 0.1) is 12.8 Å². The van der Waals surface area contributed by atoms with E-state index in [9.17, 15) is 21.6 Å². The molecule has 2 aromatic rings. The van der Waals surface area contributed by atoms with E-state index >= 15 is 0 Å². The summed E-state index contributed by atoms with van der Waals surface area (Å²) >= 11 is 5.88. The SMILES string of the molecule is COc1c(F)cc(NS(=O)(=O)c2c(Br)cc(F)cc2Br)cc1F. The average molecular weight is 475 g/mol. The van der Waals surface area contributed by atoms with Gasteiger partial charge in [-0.1, -0.05) is 0 Å². The smallest absolute Gasteiger partial charge is 0.264 e. The fraction of sp³-hybridized carbons (Fsp3) is 0.0769. The fourth-order valence-corrected chi connectivity index (χ4v) is 5.38. The second-order valence-electron chi connectivity index (χ2n) is 4.28. The summed E-state index contributed by atoms with van der Waals surface area (Å²) in [5.41, 5.74) is -0.344. The largest absolute Gasteiger partial charge is 0.491 e. The summed E-state index contributed by atoms with van der Waals surface area (Å²) in [5.74, 6) is -3.42.